The molecule has 0 saturated carbocycles. The Hall–Kier alpha value is -0.870. The molecule has 0 radical (unpaired) electrons. The Morgan fingerprint density at radius 1 is 1.62 bits per heavy atom. The van der Waals surface area contributed by atoms with Gasteiger partial charge >= 0.3 is 0 Å². The van der Waals surface area contributed by atoms with E-state index in [1.165, 1.54) is 0 Å². The number of hydrogen-bond acceptors (Lipinski definition) is 3. The number of nitrogens with one attached hydrogen (secondary N) is 1. The first-order chi connectivity index (χ1) is 6.11. The van der Waals surface area contributed by atoms with E-state index < -0.39 is 6.04 Å². The van der Waals surface area contributed by atoms with Gasteiger partial charge in [0.05, 0.1) is 12.1 Å². The molecule has 0 fully saturated rings. The lowest BCUT2D eigenvalue weighted by Gasteiger charge is -2.13. The minimum absolute atomic E-state index is 0.0542. The van der Waals surface area contributed by atoms with Gasteiger partial charge in [-0.25, -0.2) is 0 Å². The third-order valence-electron chi connectivity index (χ3n) is 1.74. The summed E-state index contributed by atoms with van der Waals surface area (Å²) in [6.07, 6.45) is 0. The SMILES string of the molecule is C[C@H](N)C(=O)N[C@H](C)c1cccs1. The fourth-order valence-electron chi connectivity index (χ4n) is 0.954. The smallest absolute Gasteiger partial charge is 0.237 e. The number of rotatable bonds is 3. The molecule has 0 aliphatic rings. The molecule has 0 spiro atoms. The summed E-state index contributed by atoms with van der Waals surface area (Å²) < 4.78 is 0. The Morgan fingerprint density at radius 3 is 2.77 bits per heavy atom. The second-order valence-corrected chi connectivity index (χ2v) is 4.01. The maximum absolute atomic E-state index is 11.2. The third-order valence-corrected chi connectivity index (χ3v) is 2.80. The maximum atomic E-state index is 11.2. The van der Waals surface area contributed by atoms with Crippen molar-refractivity contribution in [2.24, 2.45) is 5.73 Å². The topological polar surface area (TPSA) is 55.1 Å². The van der Waals surface area contributed by atoms with Crippen molar-refractivity contribution >= 4 is 17.2 Å². The molecule has 0 bridgehead atoms. The molecule has 1 aromatic heterocycles. The molecule has 13 heavy (non-hydrogen) atoms. The summed E-state index contributed by atoms with van der Waals surface area (Å²) in [4.78, 5) is 12.4. The van der Waals surface area contributed by atoms with Gasteiger partial charge in [0, 0.05) is 4.88 Å². The highest BCUT2D eigenvalue weighted by Gasteiger charge is 2.12. The molecule has 3 nitrogen and oxygen atoms in total. The lowest BCUT2D eigenvalue weighted by molar-refractivity contribution is -0.122. The summed E-state index contributed by atoms with van der Waals surface area (Å²) in [6.45, 7) is 3.63. The second-order valence-electron chi connectivity index (χ2n) is 3.03. The first-order valence-corrected chi connectivity index (χ1v) is 5.08. The first-order valence-electron chi connectivity index (χ1n) is 4.20. The molecular weight excluding hydrogens is 184 g/mol. The maximum Gasteiger partial charge on any atom is 0.237 e. The predicted molar refractivity (Wildman–Crippen MR) is 54.5 cm³/mol. The molecule has 0 aliphatic carbocycles. The van der Waals surface area contributed by atoms with Gasteiger partial charge in [-0.05, 0) is 25.3 Å². The molecule has 72 valence electrons. The first kappa shape index (κ1) is 10.2. The monoisotopic (exact) mass is 198 g/mol. The van der Waals surface area contributed by atoms with Crippen molar-refractivity contribution in [1.29, 1.82) is 0 Å². The molecule has 0 aromatic carbocycles. The van der Waals surface area contributed by atoms with E-state index in [0.29, 0.717) is 0 Å². The summed E-state index contributed by atoms with van der Waals surface area (Å²) in [7, 11) is 0. The fraction of sp³-hybridized carbons (Fsp3) is 0.444. The summed E-state index contributed by atoms with van der Waals surface area (Å²) >= 11 is 1.63. The van der Waals surface area contributed by atoms with Crippen LogP contribution in [-0.4, -0.2) is 11.9 Å². The highest BCUT2D eigenvalue weighted by Crippen LogP contribution is 2.17. The fourth-order valence-corrected chi connectivity index (χ4v) is 1.69. The molecule has 1 aromatic rings. The quantitative estimate of drug-likeness (QED) is 0.768. The van der Waals surface area contributed by atoms with Crippen LogP contribution in [0.25, 0.3) is 0 Å². The lowest BCUT2D eigenvalue weighted by atomic mass is 10.2. The molecule has 1 heterocycles. The van der Waals surface area contributed by atoms with Crippen molar-refractivity contribution in [3.8, 4) is 0 Å². The van der Waals surface area contributed by atoms with E-state index in [9.17, 15) is 4.79 Å². The van der Waals surface area contributed by atoms with Crippen LogP contribution in [-0.2, 0) is 4.79 Å². The summed E-state index contributed by atoms with van der Waals surface area (Å²) in [6, 6.07) is 3.58. The third kappa shape index (κ3) is 2.82. The zero-order chi connectivity index (χ0) is 9.84. The van der Waals surface area contributed by atoms with Gasteiger partial charge in [0.2, 0.25) is 5.91 Å². The lowest BCUT2D eigenvalue weighted by Crippen LogP contribution is -2.39. The summed E-state index contributed by atoms with van der Waals surface area (Å²) in [5.41, 5.74) is 5.43. The van der Waals surface area contributed by atoms with Crippen LogP contribution in [0.2, 0.25) is 0 Å². The largest absolute Gasteiger partial charge is 0.347 e. The zero-order valence-corrected chi connectivity index (χ0v) is 8.60. The van der Waals surface area contributed by atoms with Crippen molar-refractivity contribution in [2.45, 2.75) is 25.9 Å². The van der Waals surface area contributed by atoms with Crippen LogP contribution in [0.4, 0.5) is 0 Å². The van der Waals surface area contributed by atoms with Gasteiger partial charge in [0.1, 0.15) is 0 Å². The van der Waals surface area contributed by atoms with Crippen LogP contribution >= 0.6 is 11.3 Å². The molecule has 0 aliphatic heterocycles. The average Bonchev–Trinajstić information content (AvgIpc) is 2.55. The predicted octanol–water partition coefficient (Wildman–Crippen LogP) is 1.27. The van der Waals surface area contributed by atoms with Gasteiger partial charge in [0.15, 0.2) is 0 Å². The van der Waals surface area contributed by atoms with E-state index in [-0.39, 0.29) is 11.9 Å². The molecule has 1 rings (SSSR count). The standard InChI is InChI=1S/C9H14N2OS/c1-6(10)9(12)11-7(2)8-4-3-5-13-8/h3-7H,10H2,1-2H3,(H,11,12)/t6-,7+/m0/s1. The van der Waals surface area contributed by atoms with Gasteiger partial charge in [-0.3, -0.25) is 4.79 Å². The Morgan fingerprint density at radius 2 is 2.31 bits per heavy atom. The average molecular weight is 198 g/mol. The van der Waals surface area contributed by atoms with Crippen molar-refractivity contribution in [2.75, 3.05) is 0 Å². The Balaban J connectivity index is 2.51. The number of amides is 1. The van der Waals surface area contributed by atoms with E-state index in [0.717, 1.165) is 4.88 Å². The van der Waals surface area contributed by atoms with Crippen LogP contribution in [0, 0.1) is 0 Å². The van der Waals surface area contributed by atoms with Gasteiger partial charge in [-0.2, -0.15) is 0 Å². The molecular formula is C9H14N2OS. The van der Waals surface area contributed by atoms with Crippen molar-refractivity contribution < 1.29 is 4.79 Å². The number of nitrogens with two attached hydrogens (primary N) is 1. The molecule has 4 heteroatoms. The van der Waals surface area contributed by atoms with Crippen LogP contribution in [0.3, 0.4) is 0 Å². The van der Waals surface area contributed by atoms with E-state index in [1.807, 2.05) is 24.4 Å². The van der Waals surface area contributed by atoms with Crippen LogP contribution in [0.1, 0.15) is 24.8 Å². The molecule has 1 amide bonds. The number of carbonyl (C=O) groups excluding carboxylic acids is 1. The Labute approximate surface area is 81.9 Å². The highest BCUT2D eigenvalue weighted by molar-refractivity contribution is 7.10. The van der Waals surface area contributed by atoms with Crippen LogP contribution in [0.5, 0.6) is 0 Å². The summed E-state index contributed by atoms with van der Waals surface area (Å²) in [5, 5.41) is 4.82. The minimum atomic E-state index is -0.442. The van der Waals surface area contributed by atoms with Crippen LogP contribution < -0.4 is 11.1 Å². The molecule has 2 atom stereocenters. The van der Waals surface area contributed by atoms with E-state index in [2.05, 4.69) is 5.32 Å². The van der Waals surface area contributed by atoms with Crippen molar-refractivity contribution in [3.63, 3.8) is 0 Å². The van der Waals surface area contributed by atoms with Crippen LogP contribution in [0.15, 0.2) is 17.5 Å². The molecule has 0 saturated heterocycles. The summed E-state index contributed by atoms with van der Waals surface area (Å²) in [5.74, 6) is -0.110. The van der Waals surface area contributed by atoms with Crippen molar-refractivity contribution in [1.82, 2.24) is 5.32 Å². The zero-order valence-electron chi connectivity index (χ0n) is 7.78. The number of thiophene rings is 1. The normalized spacial score (nSPS) is 15.0. The Kier molecular flexibility index (Phi) is 3.45. The molecule has 0 unspecified atom stereocenters. The van der Waals surface area contributed by atoms with Gasteiger partial charge in [-0.1, -0.05) is 6.07 Å². The van der Waals surface area contributed by atoms with Gasteiger partial charge < -0.3 is 11.1 Å². The Bertz CT molecular complexity index is 269. The highest BCUT2D eigenvalue weighted by atomic mass is 32.1. The second kappa shape index (κ2) is 4.39. The van der Waals surface area contributed by atoms with Gasteiger partial charge in [0.25, 0.3) is 0 Å². The molecule has 3 N–H and O–H groups in total. The minimum Gasteiger partial charge on any atom is -0.347 e. The number of hydrogen-bond donors (Lipinski definition) is 2. The van der Waals surface area contributed by atoms with E-state index in [1.54, 1.807) is 18.3 Å². The van der Waals surface area contributed by atoms with Gasteiger partial charge in [-0.15, -0.1) is 11.3 Å². The van der Waals surface area contributed by atoms with E-state index >= 15 is 0 Å². The number of carbonyl (C=O) groups is 1. The van der Waals surface area contributed by atoms with E-state index in [4.69, 9.17) is 5.73 Å². The van der Waals surface area contributed by atoms with Crippen molar-refractivity contribution in [3.05, 3.63) is 22.4 Å².